The molecule has 0 heterocycles. The zero-order chi connectivity index (χ0) is 19.6. The third kappa shape index (κ3) is 13.6. The topological polar surface area (TPSA) is 107 Å². The molecule has 6 heteroatoms. The van der Waals surface area contributed by atoms with Gasteiger partial charge in [-0.2, -0.15) is 0 Å². The molecule has 0 aliphatic carbocycles. The molecule has 0 aromatic rings. The summed E-state index contributed by atoms with van der Waals surface area (Å²) < 4.78 is 5.28. The summed E-state index contributed by atoms with van der Waals surface area (Å²) in [5.74, 6) is 0. The van der Waals surface area contributed by atoms with E-state index < -0.39 is 24.4 Å². The summed E-state index contributed by atoms with van der Waals surface area (Å²) in [6, 6.07) is 0. The lowest BCUT2D eigenvalue weighted by Crippen LogP contribution is -2.46. The van der Waals surface area contributed by atoms with E-state index in [4.69, 9.17) is 9.84 Å². The van der Waals surface area contributed by atoms with Gasteiger partial charge < -0.3 is 30.0 Å². The second-order valence-corrected chi connectivity index (χ2v) is 7.14. The van der Waals surface area contributed by atoms with E-state index in [1.165, 1.54) is 64.2 Å². The number of hydrogen-bond donors (Lipinski definition) is 4. The maximum Gasteiger partial charge on any atom is 0.151 e. The van der Waals surface area contributed by atoms with Crippen molar-refractivity contribution in [1.82, 2.24) is 0 Å². The van der Waals surface area contributed by atoms with Gasteiger partial charge in [0.15, 0.2) is 6.29 Å². The second kappa shape index (κ2) is 17.9. The van der Waals surface area contributed by atoms with E-state index in [0.717, 1.165) is 12.8 Å². The van der Waals surface area contributed by atoms with Crippen LogP contribution in [0.25, 0.3) is 0 Å². The SMILES string of the molecule is CCCCCCCCCCCCCCOC[C@@H](O)[C@H](O)[C@H](O)[C@@H](O)C=O. The number of aldehydes is 1. The van der Waals surface area contributed by atoms with Gasteiger partial charge in [0, 0.05) is 6.61 Å². The van der Waals surface area contributed by atoms with Crippen molar-refractivity contribution in [3.63, 3.8) is 0 Å². The highest BCUT2D eigenvalue weighted by Crippen LogP contribution is 2.12. The lowest BCUT2D eigenvalue weighted by Gasteiger charge is -2.23. The van der Waals surface area contributed by atoms with E-state index >= 15 is 0 Å². The van der Waals surface area contributed by atoms with Crippen LogP contribution in [-0.4, -0.2) is 64.3 Å². The quantitative estimate of drug-likeness (QED) is 0.204. The van der Waals surface area contributed by atoms with E-state index in [9.17, 15) is 20.1 Å². The van der Waals surface area contributed by atoms with Gasteiger partial charge in [-0.25, -0.2) is 0 Å². The molecule has 0 aromatic heterocycles. The zero-order valence-corrected chi connectivity index (χ0v) is 16.4. The highest BCUT2D eigenvalue weighted by molar-refractivity contribution is 5.56. The summed E-state index contributed by atoms with van der Waals surface area (Å²) in [7, 11) is 0. The van der Waals surface area contributed by atoms with Crippen LogP contribution in [0.1, 0.15) is 84.0 Å². The Morgan fingerprint density at radius 2 is 1.19 bits per heavy atom. The minimum absolute atomic E-state index is 0.119. The Morgan fingerprint density at radius 3 is 1.65 bits per heavy atom. The predicted molar refractivity (Wildman–Crippen MR) is 102 cm³/mol. The van der Waals surface area contributed by atoms with Crippen molar-refractivity contribution in [3.05, 3.63) is 0 Å². The van der Waals surface area contributed by atoms with Gasteiger partial charge in [0.2, 0.25) is 0 Å². The van der Waals surface area contributed by atoms with Gasteiger partial charge in [-0.3, -0.25) is 0 Å². The summed E-state index contributed by atoms with van der Waals surface area (Å²) in [4.78, 5) is 10.3. The van der Waals surface area contributed by atoms with Crippen molar-refractivity contribution >= 4 is 6.29 Å². The first-order valence-corrected chi connectivity index (χ1v) is 10.3. The highest BCUT2D eigenvalue weighted by Gasteiger charge is 2.30. The first kappa shape index (κ1) is 25.5. The monoisotopic (exact) mass is 376 g/mol. The normalized spacial score (nSPS) is 16.2. The number of hydrogen-bond acceptors (Lipinski definition) is 6. The lowest BCUT2D eigenvalue weighted by molar-refractivity contribution is -0.138. The fourth-order valence-electron chi connectivity index (χ4n) is 2.86. The molecule has 0 fully saturated rings. The molecule has 0 rings (SSSR count). The molecule has 4 atom stereocenters. The first-order chi connectivity index (χ1) is 12.5. The van der Waals surface area contributed by atoms with Crippen LogP contribution in [0.3, 0.4) is 0 Å². The number of rotatable bonds is 19. The van der Waals surface area contributed by atoms with E-state index in [0.29, 0.717) is 6.61 Å². The Kier molecular flexibility index (Phi) is 17.5. The van der Waals surface area contributed by atoms with Crippen LogP contribution < -0.4 is 0 Å². The van der Waals surface area contributed by atoms with Crippen molar-refractivity contribution in [3.8, 4) is 0 Å². The number of aliphatic hydroxyl groups is 4. The molecule has 4 N–H and O–H groups in total. The van der Waals surface area contributed by atoms with Gasteiger partial charge in [0.05, 0.1) is 6.61 Å². The maximum absolute atomic E-state index is 10.3. The molecule has 6 nitrogen and oxygen atoms in total. The molecule has 0 aliphatic rings. The van der Waals surface area contributed by atoms with Gasteiger partial charge in [0.25, 0.3) is 0 Å². The fraction of sp³-hybridized carbons (Fsp3) is 0.950. The van der Waals surface area contributed by atoms with Crippen LogP contribution in [-0.2, 0) is 9.53 Å². The molecular weight excluding hydrogens is 336 g/mol. The Balaban J connectivity index is 3.39. The minimum Gasteiger partial charge on any atom is -0.388 e. The molecule has 0 aliphatic heterocycles. The highest BCUT2D eigenvalue weighted by atomic mass is 16.5. The van der Waals surface area contributed by atoms with Crippen molar-refractivity contribution in [1.29, 1.82) is 0 Å². The predicted octanol–water partition coefficient (Wildman–Crippen LogP) is 2.35. The maximum atomic E-state index is 10.3. The molecule has 0 radical (unpaired) electrons. The smallest absolute Gasteiger partial charge is 0.151 e. The zero-order valence-electron chi connectivity index (χ0n) is 16.4. The van der Waals surface area contributed by atoms with E-state index in [-0.39, 0.29) is 12.9 Å². The molecular formula is C20H40O6. The summed E-state index contributed by atoms with van der Waals surface area (Å²) >= 11 is 0. The average molecular weight is 377 g/mol. The minimum atomic E-state index is -1.71. The van der Waals surface area contributed by atoms with Crippen molar-refractivity contribution < 1.29 is 30.0 Å². The van der Waals surface area contributed by atoms with Crippen LogP contribution in [0.5, 0.6) is 0 Å². The fourth-order valence-corrected chi connectivity index (χ4v) is 2.86. The van der Waals surface area contributed by atoms with Crippen molar-refractivity contribution in [2.24, 2.45) is 0 Å². The Hall–Kier alpha value is -0.530. The lowest BCUT2D eigenvalue weighted by atomic mass is 10.0. The molecule has 0 unspecified atom stereocenters. The van der Waals surface area contributed by atoms with Crippen LogP contribution >= 0.6 is 0 Å². The number of carbonyl (C=O) groups is 1. The van der Waals surface area contributed by atoms with Gasteiger partial charge >= 0.3 is 0 Å². The summed E-state index contributed by atoms with van der Waals surface area (Å²) in [5, 5.41) is 37.8. The molecule has 26 heavy (non-hydrogen) atoms. The van der Waals surface area contributed by atoms with E-state index in [1.54, 1.807) is 0 Å². The summed E-state index contributed by atoms with van der Waals surface area (Å²) in [5.41, 5.74) is 0. The van der Waals surface area contributed by atoms with E-state index in [2.05, 4.69) is 6.92 Å². The molecule has 0 spiro atoms. The van der Waals surface area contributed by atoms with E-state index in [1.807, 2.05) is 0 Å². The third-order valence-corrected chi connectivity index (χ3v) is 4.66. The molecule has 0 amide bonds. The summed E-state index contributed by atoms with van der Waals surface area (Å²) in [6.45, 7) is 2.58. The molecule has 0 saturated heterocycles. The largest absolute Gasteiger partial charge is 0.388 e. The molecule has 0 saturated carbocycles. The van der Waals surface area contributed by atoms with Crippen LogP contribution in [0.4, 0.5) is 0 Å². The van der Waals surface area contributed by atoms with Crippen LogP contribution in [0.2, 0.25) is 0 Å². The van der Waals surface area contributed by atoms with Crippen LogP contribution in [0, 0.1) is 0 Å². The number of unbranched alkanes of at least 4 members (excludes halogenated alkanes) is 11. The Labute approximate surface area is 158 Å². The molecule has 0 aromatic carbocycles. The van der Waals surface area contributed by atoms with Crippen LogP contribution in [0.15, 0.2) is 0 Å². The summed E-state index contributed by atoms with van der Waals surface area (Å²) in [6.07, 6.45) is 8.85. The second-order valence-electron chi connectivity index (χ2n) is 7.14. The average Bonchev–Trinajstić information content (AvgIpc) is 2.66. The number of aliphatic hydroxyl groups excluding tert-OH is 4. The van der Waals surface area contributed by atoms with Crippen molar-refractivity contribution in [2.75, 3.05) is 13.2 Å². The Bertz CT molecular complexity index is 313. The standard InChI is InChI=1S/C20H40O6/c1-2-3-4-5-6-7-8-9-10-11-12-13-14-26-16-18(23)20(25)19(24)17(22)15-21/h15,17-20,22-25H,2-14,16H2,1H3/t17-,18+,19+,20-/m0/s1. The van der Waals surface area contributed by atoms with Gasteiger partial charge in [0.1, 0.15) is 24.4 Å². The van der Waals surface area contributed by atoms with Crippen molar-refractivity contribution in [2.45, 2.75) is 108 Å². The number of carbonyl (C=O) groups excluding carboxylic acids is 1. The van der Waals surface area contributed by atoms with Gasteiger partial charge in [-0.05, 0) is 6.42 Å². The third-order valence-electron chi connectivity index (χ3n) is 4.66. The molecule has 156 valence electrons. The molecule has 0 bridgehead atoms. The Morgan fingerprint density at radius 1 is 0.731 bits per heavy atom. The number of ether oxygens (including phenoxy) is 1. The first-order valence-electron chi connectivity index (χ1n) is 10.3. The van der Waals surface area contributed by atoms with Gasteiger partial charge in [-0.1, -0.05) is 77.6 Å². The van der Waals surface area contributed by atoms with Gasteiger partial charge in [-0.15, -0.1) is 0 Å².